The van der Waals surface area contributed by atoms with Crippen molar-refractivity contribution in [3.05, 3.63) is 64.8 Å². The summed E-state index contributed by atoms with van der Waals surface area (Å²) < 4.78 is 79.9. The van der Waals surface area contributed by atoms with Gasteiger partial charge in [-0.2, -0.15) is 13.2 Å². The molecule has 2 aromatic carbocycles. The Bertz CT molecular complexity index is 1680. The van der Waals surface area contributed by atoms with Crippen molar-refractivity contribution >= 4 is 27.7 Å². The molecule has 1 aromatic heterocycles. The topological polar surface area (TPSA) is 114 Å². The Morgan fingerprint density at radius 2 is 1.82 bits per heavy atom. The Balaban J connectivity index is 1.48. The van der Waals surface area contributed by atoms with E-state index < -0.39 is 28.2 Å². The summed E-state index contributed by atoms with van der Waals surface area (Å²) in [5, 5.41) is 3.82. The maximum absolute atomic E-state index is 13.6. The lowest BCUT2D eigenvalue weighted by Gasteiger charge is -2.23. The zero-order valence-corrected chi connectivity index (χ0v) is 25.6. The first-order chi connectivity index (χ1) is 20.8. The molecule has 2 heterocycles. The molecule has 0 unspecified atom stereocenters. The lowest BCUT2D eigenvalue weighted by Crippen LogP contribution is -2.40. The van der Waals surface area contributed by atoms with Crippen LogP contribution in [0.4, 0.5) is 19.1 Å². The highest BCUT2D eigenvalue weighted by Gasteiger charge is 2.49. The first-order valence-corrected chi connectivity index (χ1v) is 16.0. The normalized spacial score (nSPS) is 16.6. The molecule has 44 heavy (non-hydrogen) atoms. The van der Waals surface area contributed by atoms with Gasteiger partial charge in [0.1, 0.15) is 11.4 Å². The Hall–Kier alpha value is -3.71. The van der Waals surface area contributed by atoms with Crippen molar-refractivity contribution in [2.24, 2.45) is 4.99 Å². The monoisotopic (exact) mass is 632 g/mol. The fourth-order valence-electron chi connectivity index (χ4n) is 5.75. The molecule has 1 fully saturated rings. The molecule has 3 aromatic rings. The lowest BCUT2D eigenvalue weighted by atomic mass is 9.96. The van der Waals surface area contributed by atoms with Crippen LogP contribution in [0.3, 0.4) is 0 Å². The van der Waals surface area contributed by atoms with Crippen molar-refractivity contribution in [1.29, 1.82) is 0 Å². The second kappa shape index (κ2) is 12.4. The summed E-state index contributed by atoms with van der Waals surface area (Å²) in [5.41, 5.74) is 2.50. The predicted octanol–water partition coefficient (Wildman–Crippen LogP) is 6.69. The van der Waals surface area contributed by atoms with Crippen LogP contribution < -0.4 is 4.72 Å². The molecule has 0 atom stereocenters. The molecule has 1 aliphatic carbocycles. The fourth-order valence-corrected chi connectivity index (χ4v) is 7.02. The maximum Gasteiger partial charge on any atom is 0.389 e. The van der Waals surface area contributed by atoms with Crippen LogP contribution in [-0.2, 0) is 32.7 Å². The van der Waals surface area contributed by atoms with Crippen molar-refractivity contribution in [2.45, 2.75) is 89.1 Å². The third-order valence-electron chi connectivity index (χ3n) is 8.18. The van der Waals surface area contributed by atoms with E-state index in [1.54, 1.807) is 50.2 Å². The minimum Gasteiger partial charge on any atom is -0.377 e. The molecule has 2 aliphatic rings. The van der Waals surface area contributed by atoms with Crippen molar-refractivity contribution in [3.63, 3.8) is 0 Å². The second-order valence-electron chi connectivity index (χ2n) is 11.2. The number of amidine groups is 1. The zero-order valence-electron chi connectivity index (χ0n) is 24.8. The molecule has 0 radical (unpaired) electrons. The molecule has 0 bridgehead atoms. The van der Waals surface area contributed by atoms with Gasteiger partial charge in [0, 0.05) is 24.2 Å². The molecule has 9 nitrogen and oxygen atoms in total. The van der Waals surface area contributed by atoms with E-state index in [4.69, 9.17) is 9.26 Å². The van der Waals surface area contributed by atoms with Crippen LogP contribution in [0.25, 0.3) is 11.1 Å². The van der Waals surface area contributed by atoms with Gasteiger partial charge in [-0.15, -0.1) is 0 Å². The molecule has 0 saturated heterocycles. The zero-order chi connectivity index (χ0) is 31.7. The number of nitrogens with zero attached hydrogens (tertiary/aromatic N) is 3. The van der Waals surface area contributed by atoms with Gasteiger partial charge in [-0.25, -0.2) is 13.1 Å². The van der Waals surface area contributed by atoms with Gasteiger partial charge in [-0.3, -0.25) is 14.7 Å². The highest BCUT2D eigenvalue weighted by atomic mass is 32.2. The third-order valence-corrected chi connectivity index (χ3v) is 9.57. The Morgan fingerprint density at radius 3 is 2.48 bits per heavy atom. The number of amides is 1. The van der Waals surface area contributed by atoms with E-state index in [0.29, 0.717) is 53.0 Å². The standard InChI is InChI=1S/C31H35F3N4O5S/c1-4-42-19-23-17-22(18-38-27(13-16-31(32,33)34)35-30(29(38)39)14-7-8-15-30)11-12-24(23)25-9-5-6-10-26(25)44(40,41)37-28-20(2)21(3)36-43-28/h5-6,9-12,17,37H,4,7-8,13-16,18-19H2,1-3H3. The molecule has 13 heteroatoms. The number of anilines is 1. The van der Waals surface area contributed by atoms with Gasteiger partial charge >= 0.3 is 6.18 Å². The van der Waals surface area contributed by atoms with Crippen LogP contribution in [0.15, 0.2) is 56.9 Å². The second-order valence-corrected chi connectivity index (χ2v) is 12.9. The molecular formula is C31H35F3N4O5S. The van der Waals surface area contributed by atoms with Crippen LogP contribution in [0.1, 0.15) is 67.8 Å². The lowest BCUT2D eigenvalue weighted by molar-refractivity contribution is -0.135. The number of rotatable bonds is 11. The minimum atomic E-state index is -4.37. The van der Waals surface area contributed by atoms with Gasteiger partial charge < -0.3 is 9.26 Å². The highest BCUT2D eigenvalue weighted by molar-refractivity contribution is 7.92. The van der Waals surface area contributed by atoms with Crippen LogP contribution in [-0.4, -0.2) is 48.5 Å². The van der Waals surface area contributed by atoms with E-state index in [1.165, 1.54) is 11.0 Å². The number of aryl methyl sites for hydroxylation is 1. The summed E-state index contributed by atoms with van der Waals surface area (Å²) in [5.74, 6) is -0.0753. The number of nitrogens with one attached hydrogen (secondary N) is 1. The maximum atomic E-state index is 13.6. The number of halogens is 3. The summed E-state index contributed by atoms with van der Waals surface area (Å²) in [7, 11) is -4.10. The molecule has 1 N–H and O–H groups in total. The molecule has 1 saturated carbocycles. The first kappa shape index (κ1) is 31.7. The number of alkyl halides is 3. The number of sulfonamides is 1. The third kappa shape index (κ3) is 6.53. The van der Waals surface area contributed by atoms with E-state index >= 15 is 0 Å². The van der Waals surface area contributed by atoms with Gasteiger partial charge in [0.25, 0.3) is 15.9 Å². The van der Waals surface area contributed by atoms with Crippen molar-refractivity contribution < 1.29 is 35.6 Å². The number of aliphatic imine (C=N–C) groups is 1. The van der Waals surface area contributed by atoms with Gasteiger partial charge in [-0.1, -0.05) is 54.4 Å². The van der Waals surface area contributed by atoms with Gasteiger partial charge in [0.15, 0.2) is 0 Å². The summed E-state index contributed by atoms with van der Waals surface area (Å²) in [6.45, 7) is 5.84. The van der Waals surface area contributed by atoms with Crippen LogP contribution >= 0.6 is 0 Å². The number of hydrogen-bond acceptors (Lipinski definition) is 7. The summed E-state index contributed by atoms with van der Waals surface area (Å²) in [6, 6.07) is 11.8. The van der Waals surface area contributed by atoms with E-state index in [1.807, 2.05) is 6.92 Å². The van der Waals surface area contributed by atoms with Gasteiger partial charge in [0.05, 0.1) is 30.2 Å². The summed E-state index contributed by atoms with van der Waals surface area (Å²) >= 11 is 0. The fraction of sp³-hybridized carbons (Fsp3) is 0.452. The largest absolute Gasteiger partial charge is 0.389 e. The first-order valence-electron chi connectivity index (χ1n) is 14.6. The molecule has 1 spiro atoms. The van der Waals surface area contributed by atoms with E-state index in [2.05, 4.69) is 14.9 Å². The quantitative estimate of drug-likeness (QED) is 0.252. The number of carbonyl (C=O) groups is 1. The predicted molar refractivity (Wildman–Crippen MR) is 158 cm³/mol. The number of benzene rings is 2. The SMILES string of the molecule is CCOCc1cc(CN2C(=O)C3(CCCC3)N=C2CCC(F)(F)F)ccc1-c1ccccc1S(=O)(=O)Nc1onc(C)c1C. The molecule has 5 rings (SSSR count). The Labute approximate surface area is 254 Å². The van der Waals surface area contributed by atoms with Crippen LogP contribution in [0, 0.1) is 13.8 Å². The van der Waals surface area contributed by atoms with Crippen LogP contribution in [0.5, 0.6) is 0 Å². The number of ether oxygens (including phenoxy) is 1. The molecule has 1 aliphatic heterocycles. The Morgan fingerprint density at radius 1 is 1.09 bits per heavy atom. The van der Waals surface area contributed by atoms with E-state index in [-0.39, 0.29) is 42.1 Å². The van der Waals surface area contributed by atoms with Gasteiger partial charge in [0.2, 0.25) is 5.88 Å². The van der Waals surface area contributed by atoms with Crippen LogP contribution in [0.2, 0.25) is 0 Å². The number of aromatic nitrogens is 1. The average molecular weight is 633 g/mol. The van der Waals surface area contributed by atoms with E-state index in [9.17, 15) is 26.4 Å². The summed E-state index contributed by atoms with van der Waals surface area (Å²) in [6.07, 6.45) is -3.15. The highest BCUT2D eigenvalue weighted by Crippen LogP contribution is 2.41. The van der Waals surface area contributed by atoms with Gasteiger partial charge in [-0.05, 0) is 56.4 Å². The van der Waals surface area contributed by atoms with Crippen molar-refractivity contribution in [1.82, 2.24) is 10.1 Å². The number of carbonyl (C=O) groups excluding carboxylic acids is 1. The molecular weight excluding hydrogens is 597 g/mol. The molecule has 236 valence electrons. The summed E-state index contributed by atoms with van der Waals surface area (Å²) in [4.78, 5) is 19.5. The average Bonchev–Trinajstić information content (AvgIpc) is 3.66. The van der Waals surface area contributed by atoms with Crippen molar-refractivity contribution in [3.8, 4) is 11.1 Å². The van der Waals surface area contributed by atoms with E-state index in [0.717, 1.165) is 12.8 Å². The minimum absolute atomic E-state index is 0.0124. The van der Waals surface area contributed by atoms with Crippen molar-refractivity contribution in [2.75, 3.05) is 11.3 Å². The Kier molecular flexibility index (Phi) is 8.90. The smallest absolute Gasteiger partial charge is 0.377 e. The molecule has 1 amide bonds. The number of hydrogen-bond donors (Lipinski definition) is 1.